The third kappa shape index (κ3) is 2.93. The molecular formula is C10H22N2O. The summed E-state index contributed by atoms with van der Waals surface area (Å²) in [5.74, 6) is 0. The SMILES string of the molecule is CCN1CC(NC(C)C)CC1CO. The Labute approximate surface area is 81.1 Å². The molecule has 3 nitrogen and oxygen atoms in total. The van der Waals surface area contributed by atoms with Crippen molar-refractivity contribution in [1.29, 1.82) is 0 Å². The Bertz CT molecular complexity index is 138. The number of likely N-dealkylation sites (tertiary alicyclic amines) is 1. The second kappa shape index (κ2) is 4.94. The molecule has 2 unspecified atom stereocenters. The fourth-order valence-electron chi connectivity index (χ4n) is 2.15. The quantitative estimate of drug-likeness (QED) is 0.669. The fourth-order valence-corrected chi connectivity index (χ4v) is 2.15. The van der Waals surface area contributed by atoms with E-state index < -0.39 is 0 Å². The minimum atomic E-state index is 0.296. The van der Waals surface area contributed by atoms with Crippen LogP contribution in [0.4, 0.5) is 0 Å². The zero-order valence-electron chi connectivity index (χ0n) is 8.95. The summed E-state index contributed by atoms with van der Waals surface area (Å²) >= 11 is 0. The summed E-state index contributed by atoms with van der Waals surface area (Å²) in [4.78, 5) is 2.35. The van der Waals surface area contributed by atoms with Crippen LogP contribution in [0.1, 0.15) is 27.2 Å². The van der Waals surface area contributed by atoms with Crippen LogP contribution in [0, 0.1) is 0 Å². The first kappa shape index (κ1) is 11.0. The molecule has 0 spiro atoms. The van der Waals surface area contributed by atoms with Crippen LogP contribution < -0.4 is 5.32 Å². The molecule has 0 aromatic carbocycles. The molecule has 78 valence electrons. The minimum Gasteiger partial charge on any atom is -0.395 e. The van der Waals surface area contributed by atoms with Gasteiger partial charge in [0.05, 0.1) is 6.61 Å². The molecule has 2 atom stereocenters. The van der Waals surface area contributed by atoms with Gasteiger partial charge >= 0.3 is 0 Å². The van der Waals surface area contributed by atoms with Gasteiger partial charge < -0.3 is 10.4 Å². The number of hydrogen-bond acceptors (Lipinski definition) is 3. The third-order valence-electron chi connectivity index (χ3n) is 2.71. The van der Waals surface area contributed by atoms with E-state index in [1.54, 1.807) is 0 Å². The van der Waals surface area contributed by atoms with Gasteiger partial charge in [0.2, 0.25) is 0 Å². The highest BCUT2D eigenvalue weighted by Gasteiger charge is 2.30. The predicted molar refractivity (Wildman–Crippen MR) is 54.8 cm³/mol. The number of hydrogen-bond donors (Lipinski definition) is 2. The molecule has 0 aliphatic carbocycles. The van der Waals surface area contributed by atoms with E-state index in [1.807, 2.05) is 0 Å². The number of aliphatic hydroxyl groups is 1. The Kier molecular flexibility index (Phi) is 4.16. The largest absolute Gasteiger partial charge is 0.395 e. The maximum absolute atomic E-state index is 9.15. The van der Waals surface area contributed by atoms with Crippen molar-refractivity contribution in [2.45, 2.75) is 45.3 Å². The van der Waals surface area contributed by atoms with E-state index in [0.717, 1.165) is 19.5 Å². The van der Waals surface area contributed by atoms with Crippen LogP contribution in [0.5, 0.6) is 0 Å². The number of nitrogens with zero attached hydrogens (tertiary/aromatic N) is 1. The van der Waals surface area contributed by atoms with Crippen LogP contribution in [0.3, 0.4) is 0 Å². The van der Waals surface area contributed by atoms with Gasteiger partial charge in [0.15, 0.2) is 0 Å². The molecule has 1 aliphatic heterocycles. The number of aliphatic hydroxyl groups excluding tert-OH is 1. The first-order chi connectivity index (χ1) is 6.17. The van der Waals surface area contributed by atoms with Crippen molar-refractivity contribution in [3.05, 3.63) is 0 Å². The third-order valence-corrected chi connectivity index (χ3v) is 2.71. The van der Waals surface area contributed by atoms with Crippen molar-refractivity contribution >= 4 is 0 Å². The minimum absolute atomic E-state index is 0.296. The number of likely N-dealkylation sites (N-methyl/N-ethyl adjacent to an activating group) is 1. The van der Waals surface area contributed by atoms with Crippen molar-refractivity contribution in [2.24, 2.45) is 0 Å². The molecule has 1 saturated heterocycles. The van der Waals surface area contributed by atoms with Crippen LogP contribution >= 0.6 is 0 Å². The summed E-state index contributed by atoms with van der Waals surface area (Å²) in [5, 5.41) is 12.7. The Morgan fingerprint density at radius 2 is 2.23 bits per heavy atom. The highest BCUT2D eigenvalue weighted by Crippen LogP contribution is 2.17. The highest BCUT2D eigenvalue weighted by atomic mass is 16.3. The Morgan fingerprint density at radius 1 is 1.54 bits per heavy atom. The van der Waals surface area contributed by atoms with Crippen LogP contribution in [0.25, 0.3) is 0 Å². The van der Waals surface area contributed by atoms with E-state index >= 15 is 0 Å². The van der Waals surface area contributed by atoms with Crippen LogP contribution in [-0.4, -0.2) is 47.8 Å². The molecule has 0 bridgehead atoms. The van der Waals surface area contributed by atoms with Crippen LogP contribution in [-0.2, 0) is 0 Å². The molecule has 1 aliphatic rings. The summed E-state index contributed by atoms with van der Waals surface area (Å²) in [7, 11) is 0. The van der Waals surface area contributed by atoms with Crippen molar-refractivity contribution in [1.82, 2.24) is 10.2 Å². The molecule has 0 amide bonds. The molecular weight excluding hydrogens is 164 g/mol. The standard InChI is InChI=1S/C10H22N2O/c1-4-12-6-9(11-8(2)3)5-10(12)7-13/h8-11,13H,4-7H2,1-3H3. The first-order valence-corrected chi connectivity index (χ1v) is 5.28. The van der Waals surface area contributed by atoms with Crippen molar-refractivity contribution in [3.8, 4) is 0 Å². The van der Waals surface area contributed by atoms with Gasteiger partial charge in [0, 0.05) is 24.7 Å². The molecule has 0 radical (unpaired) electrons. The van der Waals surface area contributed by atoms with Crippen LogP contribution in [0.2, 0.25) is 0 Å². The molecule has 3 heteroatoms. The van der Waals surface area contributed by atoms with Crippen LogP contribution in [0.15, 0.2) is 0 Å². The van der Waals surface area contributed by atoms with Gasteiger partial charge in [-0.1, -0.05) is 20.8 Å². The number of rotatable bonds is 4. The van der Waals surface area contributed by atoms with Gasteiger partial charge in [-0.05, 0) is 13.0 Å². The smallest absolute Gasteiger partial charge is 0.0587 e. The lowest BCUT2D eigenvalue weighted by Gasteiger charge is -2.19. The maximum Gasteiger partial charge on any atom is 0.0587 e. The molecule has 0 aromatic rings. The van der Waals surface area contributed by atoms with E-state index in [9.17, 15) is 0 Å². The van der Waals surface area contributed by atoms with E-state index in [1.165, 1.54) is 0 Å². The summed E-state index contributed by atoms with van der Waals surface area (Å²) in [6.07, 6.45) is 1.09. The van der Waals surface area contributed by atoms with Crippen molar-refractivity contribution in [3.63, 3.8) is 0 Å². The van der Waals surface area contributed by atoms with Gasteiger partial charge in [-0.25, -0.2) is 0 Å². The average molecular weight is 186 g/mol. The average Bonchev–Trinajstić information content (AvgIpc) is 2.45. The molecule has 1 rings (SSSR count). The van der Waals surface area contributed by atoms with E-state index in [-0.39, 0.29) is 0 Å². The second-order valence-corrected chi connectivity index (χ2v) is 4.18. The summed E-state index contributed by atoms with van der Waals surface area (Å²) in [6.45, 7) is 8.91. The van der Waals surface area contributed by atoms with E-state index in [4.69, 9.17) is 5.11 Å². The zero-order chi connectivity index (χ0) is 9.84. The molecule has 0 saturated carbocycles. The zero-order valence-corrected chi connectivity index (χ0v) is 8.95. The van der Waals surface area contributed by atoms with E-state index in [0.29, 0.717) is 24.7 Å². The fraction of sp³-hybridized carbons (Fsp3) is 1.00. The predicted octanol–water partition coefficient (Wildman–Crippen LogP) is 0.439. The Balaban J connectivity index is 2.38. The summed E-state index contributed by atoms with van der Waals surface area (Å²) in [6, 6.07) is 1.49. The van der Waals surface area contributed by atoms with Crippen molar-refractivity contribution < 1.29 is 5.11 Å². The lowest BCUT2D eigenvalue weighted by molar-refractivity contribution is 0.164. The Hall–Kier alpha value is -0.120. The summed E-state index contributed by atoms with van der Waals surface area (Å²) < 4.78 is 0. The normalized spacial score (nSPS) is 30.2. The molecule has 1 heterocycles. The first-order valence-electron chi connectivity index (χ1n) is 5.28. The molecule has 2 N–H and O–H groups in total. The van der Waals surface area contributed by atoms with Gasteiger partial charge in [0.1, 0.15) is 0 Å². The highest BCUT2D eigenvalue weighted by molar-refractivity contribution is 4.88. The van der Waals surface area contributed by atoms with E-state index in [2.05, 4.69) is 31.0 Å². The van der Waals surface area contributed by atoms with Gasteiger partial charge in [0.25, 0.3) is 0 Å². The van der Waals surface area contributed by atoms with Gasteiger partial charge in [-0.2, -0.15) is 0 Å². The molecule has 1 fully saturated rings. The summed E-state index contributed by atoms with van der Waals surface area (Å²) in [5.41, 5.74) is 0. The van der Waals surface area contributed by atoms with Crippen molar-refractivity contribution in [2.75, 3.05) is 19.7 Å². The lowest BCUT2D eigenvalue weighted by atomic mass is 10.1. The van der Waals surface area contributed by atoms with Gasteiger partial charge in [-0.15, -0.1) is 0 Å². The maximum atomic E-state index is 9.15. The van der Waals surface area contributed by atoms with Gasteiger partial charge in [-0.3, -0.25) is 4.90 Å². The lowest BCUT2D eigenvalue weighted by Crippen LogP contribution is -2.37. The molecule has 13 heavy (non-hydrogen) atoms. The second-order valence-electron chi connectivity index (χ2n) is 4.18. The Morgan fingerprint density at radius 3 is 2.62 bits per heavy atom. The molecule has 0 aromatic heterocycles. The number of nitrogens with one attached hydrogen (secondary N) is 1. The topological polar surface area (TPSA) is 35.5 Å². The monoisotopic (exact) mass is 186 g/mol.